The van der Waals surface area contributed by atoms with E-state index in [2.05, 4.69) is 15.3 Å². The Balaban J connectivity index is 1.31. The summed E-state index contributed by atoms with van der Waals surface area (Å²) in [5, 5.41) is 23.6. The number of imidazole rings is 1. The van der Waals surface area contributed by atoms with Crippen molar-refractivity contribution in [2.45, 2.75) is 113 Å². The van der Waals surface area contributed by atoms with E-state index in [0.717, 1.165) is 51.4 Å². The predicted octanol–water partition coefficient (Wildman–Crippen LogP) is 1.40. The van der Waals surface area contributed by atoms with Gasteiger partial charge in [-0.05, 0) is 25.7 Å². The Kier molecular flexibility index (Phi) is 7.13. The van der Waals surface area contributed by atoms with Crippen LogP contribution >= 0.6 is 0 Å². The van der Waals surface area contributed by atoms with E-state index in [4.69, 9.17) is 18.9 Å². The van der Waals surface area contributed by atoms with Gasteiger partial charge >= 0.3 is 5.97 Å². The van der Waals surface area contributed by atoms with Crippen molar-refractivity contribution < 1.29 is 38.7 Å². The number of aromatic amines is 1. The largest absolute Gasteiger partial charge is 0.480 e. The maximum atomic E-state index is 13.4. The average Bonchev–Trinajstić information content (AvgIpc) is 3.59. The molecule has 11 heteroatoms. The molecule has 194 valence electrons. The number of ether oxygens (including phenoxy) is 4. The molecule has 35 heavy (non-hydrogen) atoms. The van der Waals surface area contributed by atoms with Crippen LogP contribution in [-0.2, 0) is 35.0 Å². The van der Waals surface area contributed by atoms with Crippen molar-refractivity contribution in [3.05, 3.63) is 18.2 Å². The summed E-state index contributed by atoms with van der Waals surface area (Å²) in [4.78, 5) is 32.0. The minimum Gasteiger partial charge on any atom is -0.480 e. The van der Waals surface area contributed by atoms with Crippen LogP contribution in [0.4, 0.5) is 0 Å². The van der Waals surface area contributed by atoms with Gasteiger partial charge in [-0.15, -0.1) is 0 Å². The first-order valence-electron chi connectivity index (χ1n) is 12.7. The molecule has 5 atom stereocenters. The zero-order chi connectivity index (χ0) is 24.5. The lowest BCUT2D eigenvalue weighted by Gasteiger charge is -2.34. The first-order chi connectivity index (χ1) is 16.9. The van der Waals surface area contributed by atoms with Gasteiger partial charge in [0.2, 0.25) is 0 Å². The smallest absolute Gasteiger partial charge is 0.326 e. The molecule has 0 radical (unpaired) electrons. The molecule has 4 aliphatic rings. The third-order valence-corrected chi connectivity index (χ3v) is 7.67. The van der Waals surface area contributed by atoms with Gasteiger partial charge in [-0.1, -0.05) is 12.8 Å². The number of H-pyrrole nitrogens is 1. The fourth-order valence-electron chi connectivity index (χ4n) is 5.79. The molecule has 2 saturated carbocycles. The fourth-order valence-corrected chi connectivity index (χ4v) is 5.79. The molecule has 1 aromatic heterocycles. The molecule has 1 amide bonds. The molecular weight excluding hydrogens is 458 g/mol. The predicted molar refractivity (Wildman–Crippen MR) is 120 cm³/mol. The van der Waals surface area contributed by atoms with E-state index in [1.54, 1.807) is 0 Å². The molecule has 0 bridgehead atoms. The molecule has 5 rings (SSSR count). The van der Waals surface area contributed by atoms with Gasteiger partial charge in [0.05, 0.1) is 12.9 Å². The Bertz CT molecular complexity index is 881. The average molecular weight is 494 g/mol. The topological polar surface area (TPSA) is 152 Å². The van der Waals surface area contributed by atoms with Gasteiger partial charge in [0.1, 0.15) is 24.4 Å². The van der Waals surface area contributed by atoms with Gasteiger partial charge in [-0.3, -0.25) is 4.79 Å². The van der Waals surface area contributed by atoms with Crippen LogP contribution in [0.1, 0.15) is 69.9 Å². The van der Waals surface area contributed by atoms with Gasteiger partial charge in [0.25, 0.3) is 5.91 Å². The summed E-state index contributed by atoms with van der Waals surface area (Å²) in [6.45, 7) is 0.208. The molecule has 1 aromatic rings. The molecule has 2 aliphatic heterocycles. The summed E-state index contributed by atoms with van der Waals surface area (Å²) in [6.07, 6.45) is 7.77. The number of hydrogen-bond acceptors (Lipinski definition) is 8. The number of nitrogens with zero attached hydrogens (tertiary/aromatic N) is 1. The number of nitrogens with one attached hydrogen (secondary N) is 2. The number of carboxylic acid groups (broad SMARTS) is 1. The third-order valence-electron chi connectivity index (χ3n) is 7.67. The molecular formula is C24H35N3O8. The Labute approximate surface area is 203 Å². The second-order valence-corrected chi connectivity index (χ2v) is 10.2. The van der Waals surface area contributed by atoms with Gasteiger partial charge in [0.15, 0.2) is 17.7 Å². The minimum absolute atomic E-state index is 0.0368. The zero-order valence-electron chi connectivity index (χ0n) is 19.8. The molecule has 3 heterocycles. The molecule has 4 N–H and O–H groups in total. The Morgan fingerprint density at radius 1 is 1.06 bits per heavy atom. The first-order valence-corrected chi connectivity index (χ1v) is 12.7. The minimum atomic E-state index is -1.19. The van der Waals surface area contributed by atoms with Crippen LogP contribution in [0.15, 0.2) is 12.5 Å². The third kappa shape index (κ3) is 5.24. The highest BCUT2D eigenvalue weighted by Crippen LogP contribution is 2.44. The van der Waals surface area contributed by atoms with Crippen molar-refractivity contribution in [2.24, 2.45) is 0 Å². The van der Waals surface area contributed by atoms with Crippen LogP contribution in [0, 0.1) is 0 Å². The number of carbonyl (C=O) groups excluding carboxylic acids is 1. The van der Waals surface area contributed by atoms with Crippen LogP contribution in [-0.4, -0.2) is 80.7 Å². The maximum Gasteiger partial charge on any atom is 0.326 e. The molecule has 2 saturated heterocycles. The molecule has 2 aliphatic carbocycles. The SMILES string of the molecule is O=C(O)C(Cc1cnc[nH]1)NC(=O)C1OC2(CCCCC2)OC1C(O)C1COC2(CCCCC2)O1. The summed E-state index contributed by atoms with van der Waals surface area (Å²) < 4.78 is 24.7. The number of aromatic nitrogens is 2. The summed E-state index contributed by atoms with van der Waals surface area (Å²) in [5.41, 5.74) is 0.580. The molecule has 2 spiro atoms. The second kappa shape index (κ2) is 10.1. The lowest BCUT2D eigenvalue weighted by atomic mass is 9.94. The number of carbonyl (C=O) groups is 2. The lowest BCUT2D eigenvalue weighted by molar-refractivity contribution is -0.217. The number of carboxylic acids is 1. The van der Waals surface area contributed by atoms with Gasteiger partial charge < -0.3 is 39.5 Å². The van der Waals surface area contributed by atoms with E-state index in [-0.39, 0.29) is 13.0 Å². The number of aliphatic hydroxyl groups excluding tert-OH is 1. The van der Waals surface area contributed by atoms with Crippen molar-refractivity contribution in [2.75, 3.05) is 6.61 Å². The quantitative estimate of drug-likeness (QED) is 0.442. The van der Waals surface area contributed by atoms with E-state index >= 15 is 0 Å². The van der Waals surface area contributed by atoms with Gasteiger partial charge in [-0.2, -0.15) is 0 Å². The highest BCUT2D eigenvalue weighted by atomic mass is 16.8. The Hall–Kier alpha value is -2.05. The van der Waals surface area contributed by atoms with E-state index in [1.165, 1.54) is 12.5 Å². The summed E-state index contributed by atoms with van der Waals surface area (Å²) in [7, 11) is 0. The Morgan fingerprint density at radius 2 is 1.74 bits per heavy atom. The van der Waals surface area contributed by atoms with E-state index in [9.17, 15) is 19.8 Å². The van der Waals surface area contributed by atoms with Crippen molar-refractivity contribution in [3.8, 4) is 0 Å². The molecule has 0 aromatic carbocycles. The zero-order valence-corrected chi connectivity index (χ0v) is 19.8. The van der Waals surface area contributed by atoms with E-state index in [1.807, 2.05) is 0 Å². The number of amides is 1. The normalized spacial score (nSPS) is 31.4. The lowest BCUT2D eigenvalue weighted by Crippen LogP contribution is -2.53. The standard InChI is InChI=1S/C24H35N3O8/c28-18(17-13-32-23(33-17)7-3-1-4-8-23)19-20(35-24(34-19)9-5-2-6-10-24)21(29)27-16(22(30)31)11-15-12-25-14-26-15/h12,14,16-20,28H,1-11,13H2,(H,25,26)(H,27,29)(H,30,31). The van der Waals surface area contributed by atoms with Gasteiger partial charge in [0, 0.05) is 44.0 Å². The highest BCUT2D eigenvalue weighted by Gasteiger charge is 2.56. The molecule has 4 fully saturated rings. The molecule has 11 nitrogen and oxygen atoms in total. The van der Waals surface area contributed by atoms with Crippen LogP contribution in [0.2, 0.25) is 0 Å². The second-order valence-electron chi connectivity index (χ2n) is 10.2. The van der Waals surface area contributed by atoms with Crippen LogP contribution < -0.4 is 5.32 Å². The summed E-state index contributed by atoms with van der Waals surface area (Å²) >= 11 is 0. The number of rotatable bonds is 7. The van der Waals surface area contributed by atoms with Crippen molar-refractivity contribution >= 4 is 11.9 Å². The monoisotopic (exact) mass is 493 g/mol. The van der Waals surface area contributed by atoms with Crippen molar-refractivity contribution in [1.29, 1.82) is 0 Å². The maximum absolute atomic E-state index is 13.4. The summed E-state index contributed by atoms with van der Waals surface area (Å²) in [5.74, 6) is -3.45. The first kappa shape index (κ1) is 24.6. The van der Waals surface area contributed by atoms with Crippen LogP contribution in [0.25, 0.3) is 0 Å². The van der Waals surface area contributed by atoms with E-state index < -0.39 is 53.9 Å². The van der Waals surface area contributed by atoms with Gasteiger partial charge in [-0.25, -0.2) is 9.78 Å². The van der Waals surface area contributed by atoms with Crippen LogP contribution in [0.5, 0.6) is 0 Å². The number of aliphatic hydroxyl groups is 1. The summed E-state index contributed by atoms with van der Waals surface area (Å²) in [6, 6.07) is -1.19. The van der Waals surface area contributed by atoms with Crippen molar-refractivity contribution in [1.82, 2.24) is 15.3 Å². The fraction of sp³-hybridized carbons (Fsp3) is 0.792. The molecule has 5 unspecified atom stereocenters. The number of hydrogen-bond donors (Lipinski definition) is 4. The van der Waals surface area contributed by atoms with Crippen molar-refractivity contribution in [3.63, 3.8) is 0 Å². The highest BCUT2D eigenvalue weighted by molar-refractivity contribution is 5.87. The Morgan fingerprint density at radius 3 is 2.37 bits per heavy atom. The van der Waals surface area contributed by atoms with Crippen LogP contribution in [0.3, 0.4) is 0 Å². The number of aliphatic carboxylic acids is 1. The van der Waals surface area contributed by atoms with E-state index in [0.29, 0.717) is 18.5 Å².